The van der Waals surface area contributed by atoms with Crippen molar-refractivity contribution in [2.24, 2.45) is 0 Å². The molecule has 1 saturated heterocycles. The maximum Gasteiger partial charge on any atom is 0.397 e. The Labute approximate surface area is 328 Å². The summed E-state index contributed by atoms with van der Waals surface area (Å²) in [7, 11) is -5.05. The van der Waals surface area contributed by atoms with Gasteiger partial charge in [0.1, 0.15) is 30.5 Å². The number of rotatable bonds is 38. The lowest BCUT2D eigenvalue weighted by molar-refractivity contribution is -0.301. The largest absolute Gasteiger partial charge is 0.457 e. The minimum atomic E-state index is -5.05. The standard InChI is InChI=1S/C41H80O12S/c1-3-5-7-9-10-11-12-13-14-15-16-17-18-19-20-21-22-23-24-25-27-29-31-49-33-35(51-37(43)30-28-26-8-6-4-2)34-50-41-39(45)40(53-54(46,47)48)38(44)36(32-42)52-41/h35-36,38-42,44-45H,3-34H2,1-2H3,(H,46,47,48). The Morgan fingerprint density at radius 3 is 1.48 bits per heavy atom. The molecular weight excluding hydrogens is 717 g/mol. The molecule has 0 saturated carbocycles. The third kappa shape index (κ3) is 27.7. The molecule has 0 aromatic carbocycles. The fraction of sp³-hybridized carbons (Fsp3) is 0.976. The molecule has 322 valence electrons. The molecule has 0 spiro atoms. The minimum absolute atomic E-state index is 0.0423. The summed E-state index contributed by atoms with van der Waals surface area (Å²) >= 11 is 0. The zero-order valence-corrected chi connectivity index (χ0v) is 34.9. The molecule has 1 fully saturated rings. The Morgan fingerprint density at radius 1 is 0.630 bits per heavy atom. The predicted octanol–water partition coefficient (Wildman–Crippen LogP) is 8.52. The van der Waals surface area contributed by atoms with Gasteiger partial charge in [0.05, 0.1) is 19.8 Å². The second-order valence-corrected chi connectivity index (χ2v) is 16.4. The highest BCUT2D eigenvalue weighted by atomic mass is 32.3. The SMILES string of the molecule is CCCCCCCCCCCCCCCCCCCCCCCCOCC(COC1OC(CO)C(O)C(OS(=O)(=O)O)C1O)OC(=O)CCCCCCC. The summed E-state index contributed by atoms with van der Waals surface area (Å²) in [6, 6.07) is 0. The van der Waals surface area contributed by atoms with E-state index in [-0.39, 0.29) is 19.6 Å². The first-order valence-electron chi connectivity index (χ1n) is 21.8. The molecule has 6 atom stereocenters. The third-order valence-corrected chi connectivity index (χ3v) is 10.7. The minimum Gasteiger partial charge on any atom is -0.457 e. The van der Waals surface area contributed by atoms with Crippen LogP contribution < -0.4 is 0 Å². The van der Waals surface area contributed by atoms with Crippen molar-refractivity contribution in [2.75, 3.05) is 26.4 Å². The van der Waals surface area contributed by atoms with Crippen LogP contribution in [-0.4, -0.2) is 97.5 Å². The highest BCUT2D eigenvalue weighted by Gasteiger charge is 2.48. The van der Waals surface area contributed by atoms with Gasteiger partial charge in [-0.25, -0.2) is 4.18 Å². The van der Waals surface area contributed by atoms with Gasteiger partial charge in [0, 0.05) is 13.0 Å². The first-order chi connectivity index (χ1) is 26.1. The number of unbranched alkanes of at least 4 members (excludes halogenated alkanes) is 25. The van der Waals surface area contributed by atoms with E-state index in [0.717, 1.165) is 44.9 Å². The van der Waals surface area contributed by atoms with Gasteiger partial charge in [0.25, 0.3) is 0 Å². The van der Waals surface area contributed by atoms with Crippen molar-refractivity contribution in [3.63, 3.8) is 0 Å². The molecule has 54 heavy (non-hydrogen) atoms. The smallest absolute Gasteiger partial charge is 0.397 e. The summed E-state index contributed by atoms with van der Waals surface area (Å²) in [6.45, 7) is 3.91. The van der Waals surface area contributed by atoms with Crippen LogP contribution in [0.5, 0.6) is 0 Å². The molecule has 1 aliphatic rings. The Bertz CT molecular complexity index is 968. The average Bonchev–Trinajstić information content (AvgIpc) is 3.14. The number of ether oxygens (including phenoxy) is 4. The van der Waals surface area contributed by atoms with Crippen LogP contribution in [0.25, 0.3) is 0 Å². The van der Waals surface area contributed by atoms with Gasteiger partial charge in [-0.2, -0.15) is 8.42 Å². The Hall–Kier alpha value is -0.900. The lowest BCUT2D eigenvalue weighted by Crippen LogP contribution is -2.60. The van der Waals surface area contributed by atoms with Gasteiger partial charge in [-0.05, 0) is 12.8 Å². The molecule has 0 bridgehead atoms. The predicted molar refractivity (Wildman–Crippen MR) is 211 cm³/mol. The van der Waals surface area contributed by atoms with Gasteiger partial charge in [-0.3, -0.25) is 9.35 Å². The number of aliphatic hydroxyl groups excluding tert-OH is 3. The first kappa shape index (κ1) is 51.1. The molecule has 6 unspecified atom stereocenters. The summed E-state index contributed by atoms with van der Waals surface area (Å²) < 4.78 is 58.6. The number of hydrogen-bond acceptors (Lipinski definition) is 11. The zero-order chi connectivity index (χ0) is 39.7. The van der Waals surface area contributed by atoms with Crippen LogP contribution in [0, 0.1) is 0 Å². The normalized spacial score (nSPS) is 21.0. The van der Waals surface area contributed by atoms with Crippen molar-refractivity contribution in [1.29, 1.82) is 0 Å². The van der Waals surface area contributed by atoms with Crippen molar-refractivity contribution >= 4 is 16.4 Å². The Balaban J connectivity index is 2.24. The van der Waals surface area contributed by atoms with Gasteiger partial charge < -0.3 is 34.3 Å². The lowest BCUT2D eigenvalue weighted by Gasteiger charge is -2.41. The topological polar surface area (TPSA) is 178 Å². The first-order valence-corrected chi connectivity index (χ1v) is 23.2. The molecule has 1 rings (SSSR count). The fourth-order valence-electron chi connectivity index (χ4n) is 6.91. The summed E-state index contributed by atoms with van der Waals surface area (Å²) in [6.07, 6.45) is 25.0. The molecule has 0 aliphatic carbocycles. The van der Waals surface area contributed by atoms with E-state index in [1.807, 2.05) is 0 Å². The second-order valence-electron chi connectivity index (χ2n) is 15.3. The van der Waals surface area contributed by atoms with Gasteiger partial charge in [0.15, 0.2) is 6.29 Å². The van der Waals surface area contributed by atoms with E-state index in [1.165, 1.54) is 122 Å². The van der Waals surface area contributed by atoms with Gasteiger partial charge in [-0.1, -0.05) is 174 Å². The zero-order valence-electron chi connectivity index (χ0n) is 34.1. The van der Waals surface area contributed by atoms with Crippen LogP contribution in [0.4, 0.5) is 0 Å². The Kier molecular flexibility index (Phi) is 32.3. The number of aliphatic hydroxyl groups is 3. The van der Waals surface area contributed by atoms with E-state index < -0.39 is 59.8 Å². The van der Waals surface area contributed by atoms with Crippen LogP contribution in [0.3, 0.4) is 0 Å². The van der Waals surface area contributed by atoms with Crippen LogP contribution >= 0.6 is 0 Å². The number of esters is 1. The second kappa shape index (κ2) is 34.2. The molecule has 13 heteroatoms. The number of carbonyl (C=O) groups excluding carboxylic acids is 1. The van der Waals surface area contributed by atoms with E-state index in [4.69, 9.17) is 23.5 Å². The molecule has 0 radical (unpaired) electrons. The van der Waals surface area contributed by atoms with Gasteiger partial charge in [0.2, 0.25) is 0 Å². The highest BCUT2D eigenvalue weighted by Crippen LogP contribution is 2.26. The fourth-order valence-corrected chi connectivity index (χ4v) is 7.42. The molecular formula is C41H80O12S. The summed E-state index contributed by atoms with van der Waals surface area (Å²) in [4.78, 5) is 12.6. The van der Waals surface area contributed by atoms with Crippen molar-refractivity contribution < 1.29 is 56.2 Å². The molecule has 4 N–H and O–H groups in total. The third-order valence-electron chi connectivity index (χ3n) is 10.2. The van der Waals surface area contributed by atoms with Crippen molar-refractivity contribution in [1.82, 2.24) is 0 Å². The van der Waals surface area contributed by atoms with Crippen LogP contribution in [0.1, 0.15) is 194 Å². The van der Waals surface area contributed by atoms with E-state index >= 15 is 0 Å². The monoisotopic (exact) mass is 797 g/mol. The van der Waals surface area contributed by atoms with Crippen molar-refractivity contribution in [3.8, 4) is 0 Å². The van der Waals surface area contributed by atoms with Crippen LogP contribution in [0.2, 0.25) is 0 Å². The van der Waals surface area contributed by atoms with Crippen LogP contribution in [0.15, 0.2) is 0 Å². The van der Waals surface area contributed by atoms with Gasteiger partial charge >= 0.3 is 16.4 Å². The lowest BCUT2D eigenvalue weighted by atomic mass is 9.99. The highest BCUT2D eigenvalue weighted by molar-refractivity contribution is 7.80. The molecule has 0 amide bonds. The quantitative estimate of drug-likeness (QED) is 0.0266. The average molecular weight is 797 g/mol. The van der Waals surface area contributed by atoms with Crippen molar-refractivity contribution in [2.45, 2.75) is 230 Å². The van der Waals surface area contributed by atoms with E-state index in [0.29, 0.717) is 13.0 Å². The molecule has 1 heterocycles. The Morgan fingerprint density at radius 2 is 1.06 bits per heavy atom. The molecule has 12 nitrogen and oxygen atoms in total. The summed E-state index contributed by atoms with van der Waals surface area (Å²) in [5, 5.41) is 30.5. The van der Waals surface area contributed by atoms with Crippen molar-refractivity contribution in [3.05, 3.63) is 0 Å². The molecule has 0 aromatic heterocycles. The molecule has 1 aliphatic heterocycles. The maximum absolute atomic E-state index is 12.6. The van der Waals surface area contributed by atoms with E-state index in [1.54, 1.807) is 0 Å². The summed E-state index contributed by atoms with van der Waals surface area (Å²) in [5.41, 5.74) is 0. The summed E-state index contributed by atoms with van der Waals surface area (Å²) in [5.74, 6) is -0.408. The van der Waals surface area contributed by atoms with E-state index in [9.17, 15) is 28.5 Å². The number of carbonyl (C=O) groups is 1. The van der Waals surface area contributed by atoms with Gasteiger partial charge in [-0.15, -0.1) is 0 Å². The van der Waals surface area contributed by atoms with Crippen LogP contribution in [-0.2, 0) is 38.3 Å². The number of hydrogen-bond donors (Lipinski definition) is 4. The van der Waals surface area contributed by atoms with E-state index in [2.05, 4.69) is 18.0 Å². The molecule has 0 aromatic rings. The maximum atomic E-state index is 12.6.